The van der Waals surface area contributed by atoms with Crippen LogP contribution in [0, 0.1) is 0 Å². The number of sulfonamides is 1. The van der Waals surface area contributed by atoms with Gasteiger partial charge in [-0.25, -0.2) is 13.1 Å². The van der Waals surface area contributed by atoms with Gasteiger partial charge in [0.15, 0.2) is 17.5 Å². The Balaban J connectivity index is 0.00000512. The van der Waals surface area contributed by atoms with E-state index in [1.54, 1.807) is 31.3 Å². The van der Waals surface area contributed by atoms with Gasteiger partial charge in [0.25, 0.3) is 0 Å². The Kier molecular flexibility index (Phi) is 11.8. The number of rotatable bonds is 10. The van der Waals surface area contributed by atoms with Crippen molar-refractivity contribution in [3.05, 3.63) is 53.6 Å². The van der Waals surface area contributed by atoms with Crippen molar-refractivity contribution >= 4 is 40.0 Å². The van der Waals surface area contributed by atoms with Crippen LogP contribution in [-0.4, -0.2) is 41.7 Å². The first-order valence-corrected chi connectivity index (χ1v) is 11.7. The fraction of sp³-hybridized carbons (Fsp3) is 0.409. The van der Waals surface area contributed by atoms with Gasteiger partial charge in [-0.1, -0.05) is 18.2 Å². The molecule has 0 aromatic heterocycles. The normalized spacial score (nSPS) is 12.5. The van der Waals surface area contributed by atoms with Gasteiger partial charge in [0, 0.05) is 13.6 Å². The predicted molar refractivity (Wildman–Crippen MR) is 139 cm³/mol. The molecule has 178 valence electrons. The molecule has 0 aliphatic heterocycles. The second-order valence-corrected chi connectivity index (χ2v) is 8.60. The van der Waals surface area contributed by atoms with Crippen LogP contribution in [0.1, 0.15) is 37.9 Å². The summed E-state index contributed by atoms with van der Waals surface area (Å²) in [7, 11) is -0.343. The maximum Gasteiger partial charge on any atom is 0.240 e. The zero-order valence-electron chi connectivity index (χ0n) is 19.1. The first-order valence-electron chi connectivity index (χ1n) is 10.2. The van der Waals surface area contributed by atoms with E-state index in [0.29, 0.717) is 25.7 Å². The number of nitrogens with zero attached hydrogens (tertiary/aromatic N) is 1. The molecule has 2 rings (SSSR count). The number of hydrogen-bond donors (Lipinski definition) is 3. The van der Waals surface area contributed by atoms with E-state index in [4.69, 9.17) is 9.47 Å². The van der Waals surface area contributed by atoms with Crippen LogP contribution in [0.15, 0.2) is 52.4 Å². The third kappa shape index (κ3) is 7.82. The molecule has 10 heteroatoms. The Morgan fingerprint density at radius 1 is 1.03 bits per heavy atom. The highest BCUT2D eigenvalue weighted by Crippen LogP contribution is 2.30. The van der Waals surface area contributed by atoms with Crippen molar-refractivity contribution in [2.45, 2.75) is 38.3 Å². The van der Waals surface area contributed by atoms with Crippen LogP contribution in [0.3, 0.4) is 0 Å². The summed E-state index contributed by atoms with van der Waals surface area (Å²) in [4.78, 5) is 4.51. The van der Waals surface area contributed by atoms with Crippen LogP contribution in [0.2, 0.25) is 0 Å². The molecule has 2 aromatic carbocycles. The van der Waals surface area contributed by atoms with E-state index in [1.807, 2.05) is 39.0 Å². The van der Waals surface area contributed by atoms with E-state index in [1.165, 1.54) is 7.05 Å². The fourth-order valence-corrected chi connectivity index (χ4v) is 3.64. The molecule has 32 heavy (non-hydrogen) atoms. The SMILES string of the molecule is CCOc1ccc(C(C)NC(=NC)NCc2ccc(S(=O)(=O)NC)cc2)cc1OCC.I. The number of hydrogen-bond acceptors (Lipinski definition) is 5. The van der Waals surface area contributed by atoms with Crippen molar-refractivity contribution in [1.82, 2.24) is 15.4 Å². The van der Waals surface area contributed by atoms with Gasteiger partial charge in [-0.3, -0.25) is 4.99 Å². The molecule has 1 atom stereocenters. The first kappa shape index (κ1) is 28.0. The minimum absolute atomic E-state index is 0. The molecule has 8 nitrogen and oxygen atoms in total. The van der Waals surface area contributed by atoms with Gasteiger partial charge in [-0.05, 0) is 63.2 Å². The van der Waals surface area contributed by atoms with E-state index in [9.17, 15) is 8.42 Å². The lowest BCUT2D eigenvalue weighted by Crippen LogP contribution is -2.38. The summed E-state index contributed by atoms with van der Waals surface area (Å²) >= 11 is 0. The van der Waals surface area contributed by atoms with Crippen LogP contribution in [0.4, 0.5) is 0 Å². The minimum atomic E-state index is -3.44. The Morgan fingerprint density at radius 3 is 2.22 bits per heavy atom. The molecule has 2 aromatic rings. The molecular weight excluding hydrogens is 543 g/mol. The van der Waals surface area contributed by atoms with E-state index >= 15 is 0 Å². The third-order valence-electron chi connectivity index (χ3n) is 4.61. The highest BCUT2D eigenvalue weighted by molar-refractivity contribution is 14.0. The van der Waals surface area contributed by atoms with Crippen molar-refractivity contribution in [2.75, 3.05) is 27.3 Å². The zero-order valence-corrected chi connectivity index (χ0v) is 22.3. The Bertz CT molecular complexity index is 982. The number of benzene rings is 2. The number of nitrogens with one attached hydrogen (secondary N) is 3. The van der Waals surface area contributed by atoms with Crippen molar-refractivity contribution in [2.24, 2.45) is 4.99 Å². The van der Waals surface area contributed by atoms with Crippen molar-refractivity contribution in [1.29, 1.82) is 0 Å². The molecule has 0 amide bonds. The number of halogens is 1. The van der Waals surface area contributed by atoms with E-state index in [-0.39, 0.29) is 34.9 Å². The third-order valence-corrected chi connectivity index (χ3v) is 6.04. The smallest absolute Gasteiger partial charge is 0.240 e. The van der Waals surface area contributed by atoms with E-state index < -0.39 is 10.0 Å². The lowest BCUT2D eigenvalue weighted by Gasteiger charge is -2.20. The number of ether oxygens (including phenoxy) is 2. The Hall–Kier alpha value is -2.05. The maximum absolute atomic E-state index is 11.8. The molecule has 0 heterocycles. The molecule has 0 aliphatic carbocycles. The summed E-state index contributed by atoms with van der Waals surface area (Å²) in [6.07, 6.45) is 0. The number of guanidine groups is 1. The van der Waals surface area contributed by atoms with Gasteiger partial charge in [0.2, 0.25) is 10.0 Å². The fourth-order valence-electron chi connectivity index (χ4n) is 2.91. The van der Waals surface area contributed by atoms with Crippen LogP contribution in [0.5, 0.6) is 11.5 Å². The lowest BCUT2D eigenvalue weighted by atomic mass is 10.1. The maximum atomic E-state index is 11.8. The predicted octanol–water partition coefficient (Wildman–Crippen LogP) is 3.44. The summed E-state index contributed by atoms with van der Waals surface area (Å²) < 4.78 is 37.3. The van der Waals surface area contributed by atoms with Gasteiger partial charge in [-0.15, -0.1) is 24.0 Å². The molecule has 0 fully saturated rings. The summed E-state index contributed by atoms with van der Waals surface area (Å²) in [5.41, 5.74) is 1.97. The standard InChI is InChI=1S/C22H32N4O4S.HI/c1-6-29-20-13-10-18(14-21(20)30-7-2)16(3)26-22(23-4)25-15-17-8-11-19(12-9-17)31(27,28)24-5;/h8-14,16,24H,6-7,15H2,1-5H3,(H2,23,25,26);1H. The first-order chi connectivity index (χ1) is 14.8. The summed E-state index contributed by atoms with van der Waals surface area (Å²) in [5, 5.41) is 6.60. The van der Waals surface area contributed by atoms with Crippen molar-refractivity contribution in [3.8, 4) is 11.5 Å². The molecular formula is C22H33IN4O4S. The Labute approximate surface area is 208 Å². The minimum Gasteiger partial charge on any atom is -0.490 e. The molecule has 0 spiro atoms. The number of aliphatic imine (C=N–C) groups is 1. The monoisotopic (exact) mass is 576 g/mol. The molecule has 1 unspecified atom stereocenters. The van der Waals surface area contributed by atoms with Gasteiger partial charge in [-0.2, -0.15) is 0 Å². The second-order valence-electron chi connectivity index (χ2n) is 6.72. The van der Waals surface area contributed by atoms with Gasteiger partial charge in [0.05, 0.1) is 24.2 Å². The molecule has 0 radical (unpaired) electrons. The van der Waals surface area contributed by atoms with Gasteiger partial charge < -0.3 is 20.1 Å². The quantitative estimate of drug-likeness (QED) is 0.228. The summed E-state index contributed by atoms with van der Waals surface area (Å²) in [6, 6.07) is 12.6. The van der Waals surface area contributed by atoms with E-state index in [2.05, 4.69) is 20.3 Å². The van der Waals surface area contributed by atoms with Crippen molar-refractivity contribution < 1.29 is 17.9 Å². The second kappa shape index (κ2) is 13.5. The van der Waals surface area contributed by atoms with Crippen LogP contribution >= 0.6 is 24.0 Å². The largest absolute Gasteiger partial charge is 0.490 e. The molecule has 0 bridgehead atoms. The highest BCUT2D eigenvalue weighted by atomic mass is 127. The average molecular weight is 577 g/mol. The topological polar surface area (TPSA) is 101 Å². The van der Waals surface area contributed by atoms with Crippen molar-refractivity contribution in [3.63, 3.8) is 0 Å². The summed E-state index contributed by atoms with van der Waals surface area (Å²) in [6.45, 7) is 7.55. The van der Waals surface area contributed by atoms with Crippen LogP contribution in [-0.2, 0) is 16.6 Å². The molecule has 0 saturated carbocycles. The molecule has 0 saturated heterocycles. The zero-order chi connectivity index (χ0) is 22.9. The van der Waals surface area contributed by atoms with Crippen LogP contribution < -0.4 is 24.8 Å². The summed E-state index contributed by atoms with van der Waals surface area (Å²) in [5.74, 6) is 2.08. The highest BCUT2D eigenvalue weighted by Gasteiger charge is 2.13. The lowest BCUT2D eigenvalue weighted by molar-refractivity contribution is 0.287. The average Bonchev–Trinajstić information content (AvgIpc) is 2.78. The molecule has 3 N–H and O–H groups in total. The van der Waals surface area contributed by atoms with Crippen LogP contribution in [0.25, 0.3) is 0 Å². The van der Waals surface area contributed by atoms with Gasteiger partial charge >= 0.3 is 0 Å². The van der Waals surface area contributed by atoms with E-state index in [0.717, 1.165) is 22.6 Å². The molecule has 0 aliphatic rings. The van der Waals surface area contributed by atoms with Gasteiger partial charge in [0.1, 0.15) is 0 Å². The Morgan fingerprint density at radius 2 is 1.66 bits per heavy atom.